The summed E-state index contributed by atoms with van der Waals surface area (Å²) in [4.78, 5) is 25.6. The Morgan fingerprint density at radius 3 is 1.54 bits per heavy atom. The number of nitrogens with zero attached hydrogens (tertiary/aromatic N) is 1. The lowest BCUT2D eigenvalue weighted by Crippen LogP contribution is -2.19. The predicted molar refractivity (Wildman–Crippen MR) is 217 cm³/mol. The monoisotopic (exact) mass is 683 g/mol. The molecule has 2 heterocycles. The Balaban J connectivity index is 1.23. The molecule has 1 aliphatic rings. The highest BCUT2D eigenvalue weighted by atomic mass is 16.6. The molecular weight excluding hydrogens is 639 g/mol. The minimum absolute atomic E-state index is 0.452. The predicted octanol–water partition coefficient (Wildman–Crippen LogP) is 13.2. The zero-order valence-corrected chi connectivity index (χ0v) is 30.3. The van der Waals surface area contributed by atoms with Crippen LogP contribution < -0.4 is 0 Å². The Kier molecular flexibility index (Phi) is 8.42. The standard InChI is InChI=1S/C48H45NO3/c1-3-5-7-9-11-14-30-18-25-42-39(28-30)40-29-31(15-12-10-8-6-4-2)19-26-43(40)49(42)41-27-24-33-35-21-23-38-46-37(47(50)52-48(38)51)22-20-34(45(35)46)32-16-13-17-36(41)44(32)33/h13,16-29H,3-12,14-15H2,1-2H3. The summed E-state index contributed by atoms with van der Waals surface area (Å²) in [5, 5.41) is 11.0. The number of carbonyl (C=O) groups excluding carboxylic acids is 2. The van der Waals surface area contributed by atoms with Gasteiger partial charge in [-0.3, -0.25) is 0 Å². The van der Waals surface area contributed by atoms with Crippen molar-refractivity contribution in [2.24, 2.45) is 0 Å². The molecule has 0 aliphatic carbocycles. The van der Waals surface area contributed by atoms with Gasteiger partial charge in [-0.05, 0) is 112 Å². The minimum Gasteiger partial charge on any atom is -0.386 e. The molecule has 0 spiro atoms. The summed E-state index contributed by atoms with van der Waals surface area (Å²) < 4.78 is 7.57. The van der Waals surface area contributed by atoms with E-state index in [1.807, 2.05) is 24.3 Å². The molecule has 1 aliphatic heterocycles. The summed E-state index contributed by atoms with van der Waals surface area (Å²) in [5.41, 5.74) is 7.37. The van der Waals surface area contributed by atoms with Crippen molar-refractivity contribution in [2.45, 2.75) is 90.9 Å². The molecular formula is C48H45NO3. The number of fused-ring (bicyclic) bond motifs is 5. The fraction of sp³-hybridized carbons (Fsp3) is 0.292. The Morgan fingerprint density at radius 2 is 0.962 bits per heavy atom. The molecule has 8 aromatic rings. The number of ether oxygens (including phenoxy) is 1. The number of unbranched alkanes of at least 4 members (excludes halogenated alkanes) is 8. The van der Waals surface area contributed by atoms with E-state index in [-0.39, 0.29) is 0 Å². The minimum atomic E-state index is -0.578. The summed E-state index contributed by atoms with van der Waals surface area (Å²) in [7, 11) is 0. The van der Waals surface area contributed by atoms with Crippen LogP contribution in [0.1, 0.15) is 110 Å². The molecule has 4 heteroatoms. The second-order valence-electron chi connectivity index (χ2n) is 15.0. The van der Waals surface area contributed by atoms with Gasteiger partial charge in [0, 0.05) is 21.5 Å². The first-order chi connectivity index (χ1) is 25.6. The fourth-order valence-electron chi connectivity index (χ4n) is 9.07. The van der Waals surface area contributed by atoms with Gasteiger partial charge in [0.2, 0.25) is 0 Å². The van der Waals surface area contributed by atoms with Gasteiger partial charge in [-0.2, -0.15) is 0 Å². The summed E-state index contributed by atoms with van der Waals surface area (Å²) in [6.45, 7) is 4.55. The first kappa shape index (κ1) is 32.7. The molecule has 0 saturated heterocycles. The van der Waals surface area contributed by atoms with Gasteiger partial charge in [-0.15, -0.1) is 0 Å². The van der Waals surface area contributed by atoms with Gasteiger partial charge in [0.05, 0.1) is 27.8 Å². The lowest BCUT2D eigenvalue weighted by atomic mass is 9.85. The lowest BCUT2D eigenvalue weighted by molar-refractivity contribution is 0.0391. The lowest BCUT2D eigenvalue weighted by Gasteiger charge is -2.21. The third-order valence-corrected chi connectivity index (χ3v) is 11.7. The van der Waals surface area contributed by atoms with Crippen LogP contribution in [0.4, 0.5) is 0 Å². The highest BCUT2D eigenvalue weighted by Crippen LogP contribution is 2.45. The third-order valence-electron chi connectivity index (χ3n) is 11.7. The number of aromatic nitrogens is 1. The van der Waals surface area contributed by atoms with Crippen molar-refractivity contribution in [3.05, 3.63) is 113 Å². The largest absolute Gasteiger partial charge is 0.386 e. The second kappa shape index (κ2) is 13.4. The molecule has 0 radical (unpaired) electrons. The van der Waals surface area contributed by atoms with Crippen LogP contribution >= 0.6 is 0 Å². The fourth-order valence-corrected chi connectivity index (χ4v) is 9.07. The van der Waals surface area contributed by atoms with Gasteiger partial charge >= 0.3 is 11.9 Å². The van der Waals surface area contributed by atoms with Crippen molar-refractivity contribution in [1.29, 1.82) is 0 Å². The molecule has 0 unspecified atom stereocenters. The molecule has 1 aromatic heterocycles. The van der Waals surface area contributed by atoms with Gasteiger partial charge < -0.3 is 9.30 Å². The highest BCUT2D eigenvalue weighted by Gasteiger charge is 2.30. The first-order valence-corrected chi connectivity index (χ1v) is 19.6. The molecule has 0 amide bonds. The van der Waals surface area contributed by atoms with E-state index in [0.717, 1.165) is 45.5 Å². The molecule has 260 valence electrons. The summed E-state index contributed by atoms with van der Waals surface area (Å²) in [6, 6.07) is 33.1. The van der Waals surface area contributed by atoms with E-state index in [2.05, 4.69) is 85.1 Å². The number of carbonyl (C=O) groups is 2. The number of esters is 2. The van der Waals surface area contributed by atoms with Crippen molar-refractivity contribution in [3.63, 3.8) is 0 Å². The van der Waals surface area contributed by atoms with Gasteiger partial charge in [0.15, 0.2) is 0 Å². The molecule has 7 aromatic carbocycles. The highest BCUT2D eigenvalue weighted by molar-refractivity contribution is 6.37. The summed E-state index contributed by atoms with van der Waals surface area (Å²) in [5.74, 6) is -1.16. The van der Waals surface area contributed by atoms with E-state index in [9.17, 15) is 9.59 Å². The van der Waals surface area contributed by atoms with Crippen LogP contribution in [0.5, 0.6) is 0 Å². The topological polar surface area (TPSA) is 48.3 Å². The Labute approximate surface area is 304 Å². The molecule has 52 heavy (non-hydrogen) atoms. The van der Waals surface area contributed by atoms with Gasteiger partial charge in [-0.25, -0.2) is 9.59 Å². The number of hydrogen-bond acceptors (Lipinski definition) is 3. The number of benzene rings is 7. The van der Waals surface area contributed by atoms with Crippen molar-refractivity contribution < 1.29 is 14.3 Å². The van der Waals surface area contributed by atoms with Crippen molar-refractivity contribution >= 4 is 76.8 Å². The van der Waals surface area contributed by atoms with Crippen LogP contribution in [0.15, 0.2) is 91.0 Å². The van der Waals surface area contributed by atoms with Crippen molar-refractivity contribution in [2.75, 3.05) is 0 Å². The van der Waals surface area contributed by atoms with Crippen LogP contribution in [0.25, 0.3) is 70.6 Å². The summed E-state index contributed by atoms with van der Waals surface area (Å²) in [6.07, 6.45) is 15.1. The number of cyclic esters (lactones) is 2. The van der Waals surface area contributed by atoms with Crippen LogP contribution in [0.3, 0.4) is 0 Å². The average molecular weight is 684 g/mol. The zero-order chi connectivity index (χ0) is 35.3. The summed E-state index contributed by atoms with van der Waals surface area (Å²) >= 11 is 0. The van der Waals surface area contributed by atoms with E-state index in [1.165, 1.54) is 108 Å². The molecule has 0 saturated carbocycles. The maximum atomic E-state index is 12.8. The Morgan fingerprint density at radius 1 is 0.462 bits per heavy atom. The van der Waals surface area contributed by atoms with Crippen LogP contribution in [0, 0.1) is 0 Å². The van der Waals surface area contributed by atoms with Crippen LogP contribution in [-0.4, -0.2) is 16.5 Å². The molecule has 9 rings (SSSR count). The Bertz CT molecular complexity index is 2540. The normalized spacial score (nSPS) is 13.2. The quantitative estimate of drug-likeness (QED) is 0.0399. The van der Waals surface area contributed by atoms with Gasteiger partial charge in [0.25, 0.3) is 0 Å². The SMILES string of the molecule is CCCCCCCc1ccc2c(c1)c1cc(CCCCCCC)ccc1n2-c1ccc2c3ccc4c5c(ccc(c6cccc1c62)c53)C(=O)OC4=O. The molecule has 0 fully saturated rings. The molecule has 0 N–H and O–H groups in total. The van der Waals surface area contributed by atoms with E-state index in [0.29, 0.717) is 16.5 Å². The number of rotatable bonds is 13. The molecule has 0 atom stereocenters. The van der Waals surface area contributed by atoms with Crippen molar-refractivity contribution in [1.82, 2.24) is 4.57 Å². The maximum absolute atomic E-state index is 12.8. The third kappa shape index (κ3) is 5.26. The number of aryl methyl sites for hydroxylation is 2. The first-order valence-electron chi connectivity index (χ1n) is 19.6. The Hall–Kier alpha value is -5.22. The van der Waals surface area contributed by atoms with E-state index < -0.39 is 11.9 Å². The number of hydrogen-bond donors (Lipinski definition) is 0. The van der Waals surface area contributed by atoms with Crippen molar-refractivity contribution in [3.8, 4) is 5.69 Å². The second-order valence-corrected chi connectivity index (χ2v) is 15.0. The van der Waals surface area contributed by atoms with Gasteiger partial charge in [-0.1, -0.05) is 114 Å². The molecule has 4 nitrogen and oxygen atoms in total. The zero-order valence-electron chi connectivity index (χ0n) is 30.3. The van der Waals surface area contributed by atoms with Crippen LogP contribution in [0.2, 0.25) is 0 Å². The van der Waals surface area contributed by atoms with Gasteiger partial charge in [0.1, 0.15) is 0 Å². The smallest absolute Gasteiger partial charge is 0.346 e. The maximum Gasteiger partial charge on any atom is 0.346 e. The van der Waals surface area contributed by atoms with E-state index >= 15 is 0 Å². The van der Waals surface area contributed by atoms with E-state index in [4.69, 9.17) is 4.74 Å². The molecule has 0 bridgehead atoms. The van der Waals surface area contributed by atoms with Crippen LogP contribution in [-0.2, 0) is 17.6 Å². The average Bonchev–Trinajstić information content (AvgIpc) is 3.48. The van der Waals surface area contributed by atoms with E-state index in [1.54, 1.807) is 0 Å².